The topological polar surface area (TPSA) is 20.3 Å². The first-order valence-electron chi connectivity index (χ1n) is 8.28. The third kappa shape index (κ3) is 2.65. The summed E-state index contributed by atoms with van der Waals surface area (Å²) in [6, 6.07) is 18.7. The number of aryl methyl sites for hydroxylation is 2. The highest BCUT2D eigenvalue weighted by molar-refractivity contribution is 7.12. The first kappa shape index (κ1) is 15.2. The van der Waals surface area contributed by atoms with Gasteiger partial charge in [-0.2, -0.15) is 0 Å². The Labute approximate surface area is 146 Å². The second kappa shape index (κ2) is 6.25. The Hall–Kier alpha value is -2.39. The Morgan fingerprint density at radius 2 is 1.83 bits per heavy atom. The molecule has 3 heteroatoms. The van der Waals surface area contributed by atoms with Gasteiger partial charge in [-0.05, 0) is 48.4 Å². The van der Waals surface area contributed by atoms with Crippen LogP contribution in [0.3, 0.4) is 0 Å². The molecule has 0 unspecified atom stereocenters. The molecule has 3 aromatic rings. The van der Waals surface area contributed by atoms with E-state index in [0.717, 1.165) is 41.1 Å². The van der Waals surface area contributed by atoms with Gasteiger partial charge in [-0.3, -0.25) is 4.79 Å². The Kier molecular flexibility index (Phi) is 3.95. The maximum Gasteiger partial charge on any atom is 0.268 e. The molecule has 0 N–H and O–H groups in total. The smallest absolute Gasteiger partial charge is 0.268 e. The van der Waals surface area contributed by atoms with Crippen LogP contribution in [0.15, 0.2) is 60.0 Å². The molecule has 0 saturated carbocycles. The van der Waals surface area contributed by atoms with Crippen LogP contribution in [0.5, 0.6) is 0 Å². The van der Waals surface area contributed by atoms with E-state index in [2.05, 4.69) is 55.5 Å². The molecule has 0 saturated heterocycles. The number of anilines is 1. The highest BCUT2D eigenvalue weighted by Gasteiger charge is 2.26. The lowest BCUT2D eigenvalue weighted by molar-refractivity contribution is 0.0989. The van der Waals surface area contributed by atoms with E-state index in [1.165, 1.54) is 22.5 Å². The van der Waals surface area contributed by atoms with Gasteiger partial charge in [0, 0.05) is 17.8 Å². The van der Waals surface area contributed by atoms with Crippen LogP contribution in [0.2, 0.25) is 0 Å². The van der Waals surface area contributed by atoms with Crippen molar-refractivity contribution in [1.82, 2.24) is 0 Å². The van der Waals surface area contributed by atoms with Gasteiger partial charge in [-0.15, -0.1) is 11.3 Å². The van der Waals surface area contributed by atoms with Gasteiger partial charge in [-0.25, -0.2) is 0 Å². The van der Waals surface area contributed by atoms with Gasteiger partial charge < -0.3 is 4.90 Å². The summed E-state index contributed by atoms with van der Waals surface area (Å²) in [6.07, 6.45) is 2.07. The predicted octanol–water partition coefficient (Wildman–Crippen LogP) is 5.32. The molecule has 0 atom stereocenters. The molecule has 2 heterocycles. The van der Waals surface area contributed by atoms with Crippen LogP contribution in [-0.4, -0.2) is 12.5 Å². The van der Waals surface area contributed by atoms with Crippen molar-refractivity contribution < 1.29 is 4.79 Å². The number of rotatable bonds is 2. The van der Waals surface area contributed by atoms with Gasteiger partial charge in [0.1, 0.15) is 4.88 Å². The van der Waals surface area contributed by atoms with Crippen LogP contribution in [0.25, 0.3) is 11.1 Å². The van der Waals surface area contributed by atoms with Crippen LogP contribution in [0.4, 0.5) is 5.69 Å². The van der Waals surface area contributed by atoms with Gasteiger partial charge in [0.2, 0.25) is 0 Å². The minimum absolute atomic E-state index is 0.118. The van der Waals surface area contributed by atoms with Gasteiger partial charge in [0.15, 0.2) is 0 Å². The standard InChI is InChI=1S/C21H19NOS/c1-15-8-10-16(11-9-15)18-12-14-24-20(18)21(23)22-13-4-6-17-5-2-3-7-19(17)22/h2-3,5,7-12,14H,4,6,13H2,1H3. The summed E-state index contributed by atoms with van der Waals surface area (Å²) >= 11 is 1.53. The van der Waals surface area contributed by atoms with Crippen molar-refractivity contribution in [3.05, 3.63) is 76.0 Å². The summed E-state index contributed by atoms with van der Waals surface area (Å²) in [4.78, 5) is 16.0. The van der Waals surface area contributed by atoms with E-state index >= 15 is 0 Å². The number of hydrogen-bond donors (Lipinski definition) is 0. The number of para-hydroxylation sites is 1. The van der Waals surface area contributed by atoms with Crippen molar-refractivity contribution in [3.8, 4) is 11.1 Å². The highest BCUT2D eigenvalue weighted by Crippen LogP contribution is 2.33. The Morgan fingerprint density at radius 1 is 1.04 bits per heavy atom. The second-order valence-electron chi connectivity index (χ2n) is 6.22. The zero-order valence-electron chi connectivity index (χ0n) is 13.7. The normalized spacial score (nSPS) is 13.6. The van der Waals surface area contributed by atoms with Crippen molar-refractivity contribution in [2.45, 2.75) is 19.8 Å². The minimum atomic E-state index is 0.118. The summed E-state index contributed by atoms with van der Waals surface area (Å²) in [5, 5.41) is 2.01. The minimum Gasteiger partial charge on any atom is -0.307 e. The van der Waals surface area contributed by atoms with E-state index < -0.39 is 0 Å². The molecule has 120 valence electrons. The molecule has 0 spiro atoms. The van der Waals surface area contributed by atoms with Crippen molar-refractivity contribution in [1.29, 1.82) is 0 Å². The fourth-order valence-corrected chi connectivity index (χ4v) is 4.17. The number of thiophene rings is 1. The Balaban J connectivity index is 1.72. The fourth-order valence-electron chi connectivity index (χ4n) is 3.30. The van der Waals surface area contributed by atoms with Crippen LogP contribution < -0.4 is 4.90 Å². The lowest BCUT2D eigenvalue weighted by atomic mass is 10.0. The zero-order valence-corrected chi connectivity index (χ0v) is 14.5. The SMILES string of the molecule is Cc1ccc(-c2ccsc2C(=O)N2CCCc3ccccc32)cc1. The van der Waals surface area contributed by atoms with Gasteiger partial charge in [-0.1, -0.05) is 48.0 Å². The van der Waals surface area contributed by atoms with Crippen LogP contribution in [0.1, 0.15) is 27.2 Å². The lowest BCUT2D eigenvalue weighted by Crippen LogP contribution is -2.35. The molecule has 1 amide bonds. The first-order chi connectivity index (χ1) is 11.7. The molecule has 0 aliphatic carbocycles. The van der Waals surface area contributed by atoms with Crippen molar-refractivity contribution in [2.75, 3.05) is 11.4 Å². The Morgan fingerprint density at radius 3 is 2.67 bits per heavy atom. The number of nitrogens with zero attached hydrogens (tertiary/aromatic N) is 1. The van der Waals surface area contributed by atoms with Crippen LogP contribution >= 0.6 is 11.3 Å². The summed E-state index contributed by atoms with van der Waals surface area (Å²) < 4.78 is 0. The lowest BCUT2D eigenvalue weighted by Gasteiger charge is -2.29. The first-order valence-corrected chi connectivity index (χ1v) is 9.16. The van der Waals surface area contributed by atoms with Crippen molar-refractivity contribution in [3.63, 3.8) is 0 Å². The third-order valence-electron chi connectivity index (χ3n) is 4.58. The molecular formula is C21H19NOS. The maximum atomic E-state index is 13.2. The van der Waals surface area contributed by atoms with Crippen LogP contribution in [-0.2, 0) is 6.42 Å². The zero-order chi connectivity index (χ0) is 16.5. The number of carbonyl (C=O) groups excluding carboxylic acids is 1. The second-order valence-corrected chi connectivity index (χ2v) is 7.13. The fraction of sp³-hybridized carbons (Fsp3) is 0.190. The van der Waals surface area contributed by atoms with Gasteiger partial charge >= 0.3 is 0 Å². The number of amides is 1. The molecule has 24 heavy (non-hydrogen) atoms. The molecular weight excluding hydrogens is 314 g/mol. The highest BCUT2D eigenvalue weighted by atomic mass is 32.1. The quantitative estimate of drug-likeness (QED) is 0.622. The average Bonchev–Trinajstić information content (AvgIpc) is 3.11. The number of fused-ring (bicyclic) bond motifs is 1. The monoisotopic (exact) mass is 333 g/mol. The molecule has 2 aromatic carbocycles. The molecule has 1 aliphatic rings. The molecule has 1 aliphatic heterocycles. The third-order valence-corrected chi connectivity index (χ3v) is 5.48. The molecule has 0 radical (unpaired) electrons. The molecule has 2 nitrogen and oxygen atoms in total. The maximum absolute atomic E-state index is 13.2. The number of hydrogen-bond acceptors (Lipinski definition) is 2. The molecule has 0 bridgehead atoms. The van der Waals surface area contributed by atoms with E-state index in [-0.39, 0.29) is 5.91 Å². The van der Waals surface area contributed by atoms with Gasteiger partial charge in [0.05, 0.1) is 0 Å². The van der Waals surface area contributed by atoms with Gasteiger partial charge in [0.25, 0.3) is 5.91 Å². The van der Waals surface area contributed by atoms with E-state index in [1.807, 2.05) is 16.3 Å². The molecule has 4 rings (SSSR count). The summed E-state index contributed by atoms with van der Waals surface area (Å²) in [5.74, 6) is 0.118. The molecule has 0 fully saturated rings. The Bertz CT molecular complexity index is 879. The molecule has 1 aromatic heterocycles. The van der Waals surface area contributed by atoms with Crippen molar-refractivity contribution >= 4 is 22.9 Å². The summed E-state index contributed by atoms with van der Waals surface area (Å²) in [6.45, 7) is 2.87. The average molecular weight is 333 g/mol. The van der Waals surface area contributed by atoms with Crippen LogP contribution in [0, 0.1) is 6.92 Å². The van der Waals surface area contributed by atoms with E-state index in [1.54, 1.807) is 0 Å². The van der Waals surface area contributed by atoms with E-state index in [9.17, 15) is 4.79 Å². The largest absolute Gasteiger partial charge is 0.307 e. The van der Waals surface area contributed by atoms with Crippen molar-refractivity contribution in [2.24, 2.45) is 0 Å². The predicted molar refractivity (Wildman–Crippen MR) is 101 cm³/mol. The summed E-state index contributed by atoms with van der Waals surface area (Å²) in [7, 11) is 0. The van der Waals surface area contributed by atoms with E-state index in [4.69, 9.17) is 0 Å². The number of carbonyl (C=O) groups is 1. The van der Waals surface area contributed by atoms with E-state index in [0.29, 0.717) is 0 Å². The number of benzene rings is 2. The summed E-state index contributed by atoms with van der Waals surface area (Å²) in [5.41, 5.74) is 5.71.